The highest BCUT2D eigenvalue weighted by Crippen LogP contribution is 2.30. The van der Waals surface area contributed by atoms with Gasteiger partial charge in [-0.1, -0.05) is 0 Å². The lowest BCUT2D eigenvalue weighted by atomic mass is 10.3. The third-order valence-corrected chi connectivity index (χ3v) is 3.45. The standard InChI is InChI=1S/C11H10N4S/c1-6-2-4-13-10-8(6)14-11(15-10)9-7(12)3-5-16-9/h2-5H,12H2,1H3,(H,13,14,15). The fraction of sp³-hybridized carbons (Fsp3) is 0.0909. The molecule has 0 unspecified atom stereocenters. The summed E-state index contributed by atoms with van der Waals surface area (Å²) in [5.74, 6) is 0.796. The Morgan fingerprint density at radius 2 is 2.25 bits per heavy atom. The molecule has 3 rings (SSSR count). The monoisotopic (exact) mass is 230 g/mol. The van der Waals surface area contributed by atoms with Crippen LogP contribution in [0.25, 0.3) is 21.9 Å². The van der Waals surface area contributed by atoms with Gasteiger partial charge < -0.3 is 10.7 Å². The molecule has 0 radical (unpaired) electrons. The molecule has 3 aromatic heterocycles. The fourth-order valence-corrected chi connectivity index (χ4v) is 2.42. The van der Waals surface area contributed by atoms with Crippen LogP contribution in [-0.4, -0.2) is 15.0 Å². The van der Waals surface area contributed by atoms with Gasteiger partial charge in [-0.3, -0.25) is 0 Å². The van der Waals surface area contributed by atoms with Crippen LogP contribution in [0.2, 0.25) is 0 Å². The van der Waals surface area contributed by atoms with Crippen molar-refractivity contribution in [1.82, 2.24) is 15.0 Å². The van der Waals surface area contributed by atoms with Gasteiger partial charge in [0.25, 0.3) is 0 Å². The first-order chi connectivity index (χ1) is 7.75. The number of fused-ring (bicyclic) bond motifs is 1. The molecule has 16 heavy (non-hydrogen) atoms. The second-order valence-electron chi connectivity index (χ2n) is 3.62. The molecule has 0 saturated carbocycles. The lowest BCUT2D eigenvalue weighted by molar-refractivity contribution is 1.31. The molecular formula is C11H10N4S. The van der Waals surface area contributed by atoms with Crippen molar-refractivity contribution in [3.05, 3.63) is 29.3 Å². The zero-order valence-corrected chi connectivity index (χ0v) is 9.51. The average Bonchev–Trinajstić information content (AvgIpc) is 2.84. The number of hydrogen-bond donors (Lipinski definition) is 2. The second-order valence-corrected chi connectivity index (χ2v) is 4.53. The molecule has 0 aromatic carbocycles. The van der Waals surface area contributed by atoms with E-state index in [1.54, 1.807) is 17.5 Å². The van der Waals surface area contributed by atoms with Crippen LogP contribution in [0.4, 0.5) is 5.69 Å². The average molecular weight is 230 g/mol. The molecule has 80 valence electrons. The van der Waals surface area contributed by atoms with Crippen LogP contribution in [0.5, 0.6) is 0 Å². The number of nitrogens with two attached hydrogens (primary N) is 1. The Hall–Kier alpha value is -1.88. The Balaban J connectivity index is 2.27. The van der Waals surface area contributed by atoms with Crippen LogP contribution in [0, 0.1) is 6.92 Å². The molecule has 3 aromatic rings. The van der Waals surface area contributed by atoms with Crippen molar-refractivity contribution in [2.24, 2.45) is 0 Å². The normalized spacial score (nSPS) is 11.1. The molecule has 0 spiro atoms. The zero-order valence-electron chi connectivity index (χ0n) is 8.69. The number of nitrogen functional groups attached to an aromatic ring is 1. The quantitative estimate of drug-likeness (QED) is 0.675. The highest BCUT2D eigenvalue weighted by atomic mass is 32.1. The third-order valence-electron chi connectivity index (χ3n) is 2.51. The van der Waals surface area contributed by atoms with Crippen molar-refractivity contribution in [3.63, 3.8) is 0 Å². The summed E-state index contributed by atoms with van der Waals surface area (Å²) in [6.45, 7) is 2.03. The number of aryl methyl sites for hydroxylation is 1. The molecule has 0 atom stereocenters. The highest BCUT2D eigenvalue weighted by Gasteiger charge is 2.10. The molecule has 0 aliphatic heterocycles. The van der Waals surface area contributed by atoms with Crippen LogP contribution in [0.1, 0.15) is 5.56 Å². The van der Waals surface area contributed by atoms with Crippen molar-refractivity contribution in [3.8, 4) is 10.7 Å². The van der Waals surface area contributed by atoms with Gasteiger partial charge >= 0.3 is 0 Å². The first-order valence-corrected chi connectivity index (χ1v) is 5.78. The zero-order chi connectivity index (χ0) is 11.1. The van der Waals surface area contributed by atoms with E-state index in [1.165, 1.54) is 0 Å². The minimum Gasteiger partial charge on any atom is -0.397 e. The number of nitrogens with zero attached hydrogens (tertiary/aromatic N) is 2. The van der Waals surface area contributed by atoms with E-state index < -0.39 is 0 Å². The van der Waals surface area contributed by atoms with E-state index in [2.05, 4.69) is 15.0 Å². The summed E-state index contributed by atoms with van der Waals surface area (Å²) in [6.07, 6.45) is 1.76. The van der Waals surface area contributed by atoms with E-state index in [4.69, 9.17) is 5.73 Å². The maximum absolute atomic E-state index is 5.86. The van der Waals surface area contributed by atoms with Gasteiger partial charge in [-0.2, -0.15) is 0 Å². The lowest BCUT2D eigenvalue weighted by Gasteiger charge is -1.92. The van der Waals surface area contributed by atoms with E-state index in [0.29, 0.717) is 0 Å². The van der Waals surface area contributed by atoms with Gasteiger partial charge in [-0.25, -0.2) is 9.97 Å². The lowest BCUT2D eigenvalue weighted by Crippen LogP contribution is -1.84. The van der Waals surface area contributed by atoms with Crippen LogP contribution >= 0.6 is 11.3 Å². The summed E-state index contributed by atoms with van der Waals surface area (Å²) in [5, 5.41) is 1.96. The minimum absolute atomic E-state index is 0.739. The first-order valence-electron chi connectivity index (χ1n) is 4.90. The number of aromatic nitrogens is 3. The molecule has 4 nitrogen and oxygen atoms in total. The number of H-pyrrole nitrogens is 1. The van der Waals surface area contributed by atoms with E-state index in [1.807, 2.05) is 24.4 Å². The van der Waals surface area contributed by atoms with Crippen molar-refractivity contribution in [2.75, 3.05) is 5.73 Å². The predicted molar refractivity (Wildman–Crippen MR) is 66.4 cm³/mol. The minimum atomic E-state index is 0.739. The number of pyridine rings is 1. The molecule has 0 amide bonds. The number of hydrogen-bond acceptors (Lipinski definition) is 4. The van der Waals surface area contributed by atoms with Gasteiger partial charge in [0.05, 0.1) is 16.1 Å². The third kappa shape index (κ3) is 1.29. The van der Waals surface area contributed by atoms with Crippen LogP contribution in [-0.2, 0) is 0 Å². The highest BCUT2D eigenvalue weighted by molar-refractivity contribution is 7.14. The van der Waals surface area contributed by atoms with Gasteiger partial charge in [0.15, 0.2) is 11.5 Å². The van der Waals surface area contributed by atoms with Gasteiger partial charge in [0, 0.05) is 6.20 Å². The summed E-state index contributed by atoms with van der Waals surface area (Å²) >= 11 is 1.58. The molecule has 0 bridgehead atoms. The Kier molecular flexibility index (Phi) is 1.94. The summed E-state index contributed by atoms with van der Waals surface area (Å²) < 4.78 is 0. The number of anilines is 1. The van der Waals surface area contributed by atoms with Crippen LogP contribution in [0.15, 0.2) is 23.7 Å². The van der Waals surface area contributed by atoms with Crippen LogP contribution < -0.4 is 5.73 Å². The smallest absolute Gasteiger partial charge is 0.178 e. The van der Waals surface area contributed by atoms with E-state index in [0.717, 1.165) is 33.1 Å². The van der Waals surface area contributed by atoms with Gasteiger partial charge in [0.2, 0.25) is 0 Å². The molecule has 0 fully saturated rings. The summed E-state index contributed by atoms with van der Waals surface area (Å²) in [4.78, 5) is 12.9. The number of thiophene rings is 1. The van der Waals surface area contributed by atoms with Crippen molar-refractivity contribution in [2.45, 2.75) is 6.92 Å². The summed E-state index contributed by atoms with van der Waals surface area (Å²) in [5.41, 5.74) is 9.47. The van der Waals surface area contributed by atoms with Crippen molar-refractivity contribution >= 4 is 28.2 Å². The summed E-state index contributed by atoms with van der Waals surface area (Å²) in [6, 6.07) is 3.84. The molecule has 0 aliphatic carbocycles. The van der Waals surface area contributed by atoms with Gasteiger partial charge in [-0.05, 0) is 30.0 Å². The topological polar surface area (TPSA) is 67.6 Å². The maximum Gasteiger partial charge on any atom is 0.178 e. The molecule has 3 N–H and O–H groups in total. The molecule has 0 aliphatic rings. The van der Waals surface area contributed by atoms with E-state index >= 15 is 0 Å². The SMILES string of the molecule is Cc1ccnc2nc(-c3sccc3N)[nH]c12. The number of aromatic amines is 1. The fourth-order valence-electron chi connectivity index (χ4n) is 1.65. The van der Waals surface area contributed by atoms with E-state index in [9.17, 15) is 0 Å². The van der Waals surface area contributed by atoms with Crippen molar-refractivity contribution in [1.29, 1.82) is 0 Å². The summed E-state index contributed by atoms with van der Waals surface area (Å²) in [7, 11) is 0. The predicted octanol–water partition coefficient (Wildman–Crippen LogP) is 2.58. The Morgan fingerprint density at radius 3 is 2.94 bits per heavy atom. The number of rotatable bonds is 1. The van der Waals surface area contributed by atoms with E-state index in [-0.39, 0.29) is 0 Å². The molecule has 5 heteroatoms. The molecule has 0 saturated heterocycles. The van der Waals surface area contributed by atoms with Crippen LogP contribution in [0.3, 0.4) is 0 Å². The Morgan fingerprint density at radius 1 is 1.38 bits per heavy atom. The Labute approximate surface area is 96.2 Å². The molecule has 3 heterocycles. The maximum atomic E-state index is 5.86. The second kappa shape index (κ2) is 3.31. The number of nitrogens with one attached hydrogen (secondary N) is 1. The number of imidazole rings is 1. The van der Waals surface area contributed by atoms with Gasteiger partial charge in [-0.15, -0.1) is 11.3 Å². The largest absolute Gasteiger partial charge is 0.397 e. The first kappa shape index (κ1) is 9.35. The van der Waals surface area contributed by atoms with Crippen molar-refractivity contribution < 1.29 is 0 Å². The Bertz CT molecular complexity index is 653. The molecular weight excluding hydrogens is 220 g/mol. The van der Waals surface area contributed by atoms with Gasteiger partial charge in [0.1, 0.15) is 0 Å².